The first-order valence-electron chi connectivity index (χ1n) is 11.6. The smallest absolute Gasteiger partial charge is 0.335 e. The number of nitrogens with one attached hydrogen (secondary N) is 1. The Morgan fingerprint density at radius 3 is 2.33 bits per heavy atom. The first kappa shape index (κ1) is 23.6. The fourth-order valence-electron chi connectivity index (χ4n) is 4.93. The molecule has 2 atom stereocenters. The number of benzene rings is 2. The van der Waals surface area contributed by atoms with Crippen molar-refractivity contribution in [1.29, 1.82) is 0 Å². The van der Waals surface area contributed by atoms with E-state index in [4.69, 9.17) is 17.0 Å². The van der Waals surface area contributed by atoms with Crippen molar-refractivity contribution >= 4 is 29.0 Å². The van der Waals surface area contributed by atoms with Crippen LogP contribution in [0.3, 0.4) is 0 Å². The van der Waals surface area contributed by atoms with Crippen LogP contribution in [0.15, 0.2) is 79.0 Å². The molecule has 1 aliphatic heterocycles. The van der Waals surface area contributed by atoms with Crippen molar-refractivity contribution in [2.75, 3.05) is 12.0 Å². The molecule has 2 N–H and O–H groups in total. The average Bonchev–Trinajstić information content (AvgIpc) is 3.39. The summed E-state index contributed by atoms with van der Waals surface area (Å²) in [5, 5.41) is 13.4. The third-order valence-corrected chi connectivity index (χ3v) is 6.92. The van der Waals surface area contributed by atoms with Gasteiger partial charge in [-0.15, -0.1) is 0 Å². The van der Waals surface area contributed by atoms with Gasteiger partial charge in [0.2, 0.25) is 0 Å². The number of carboxylic acids is 1. The highest BCUT2D eigenvalue weighted by atomic mass is 32.1. The number of aromatic carboxylic acids is 1. The molecule has 3 heterocycles. The molecule has 7 nitrogen and oxygen atoms in total. The zero-order valence-electron chi connectivity index (χ0n) is 20.2. The van der Waals surface area contributed by atoms with Crippen molar-refractivity contribution in [2.45, 2.75) is 25.9 Å². The highest BCUT2D eigenvalue weighted by molar-refractivity contribution is 7.80. The molecule has 1 fully saturated rings. The van der Waals surface area contributed by atoms with Gasteiger partial charge in [0.05, 0.1) is 30.5 Å². The van der Waals surface area contributed by atoms with E-state index in [-0.39, 0.29) is 17.6 Å². The Kier molecular flexibility index (Phi) is 6.20. The zero-order chi connectivity index (χ0) is 25.4. The van der Waals surface area contributed by atoms with Crippen LogP contribution in [-0.2, 0) is 0 Å². The van der Waals surface area contributed by atoms with Gasteiger partial charge in [-0.25, -0.2) is 4.79 Å². The highest BCUT2D eigenvalue weighted by Crippen LogP contribution is 2.44. The summed E-state index contributed by atoms with van der Waals surface area (Å²) in [5.74, 6) is -0.167. The number of aryl methyl sites for hydroxylation is 1. The maximum Gasteiger partial charge on any atom is 0.335 e. The van der Waals surface area contributed by atoms with Crippen molar-refractivity contribution < 1.29 is 14.6 Å². The number of aromatic nitrogens is 2. The van der Waals surface area contributed by atoms with E-state index >= 15 is 0 Å². The summed E-state index contributed by atoms with van der Waals surface area (Å²) in [6, 6.07) is 22.5. The van der Waals surface area contributed by atoms with Crippen molar-refractivity contribution in [1.82, 2.24) is 14.9 Å². The Labute approximate surface area is 215 Å². The zero-order valence-corrected chi connectivity index (χ0v) is 21.0. The fraction of sp³-hybridized carbons (Fsp3) is 0.179. The Morgan fingerprint density at radius 2 is 1.72 bits per heavy atom. The molecule has 0 radical (unpaired) electrons. The van der Waals surface area contributed by atoms with Gasteiger partial charge in [-0.2, -0.15) is 0 Å². The fourth-order valence-corrected chi connectivity index (χ4v) is 5.28. The lowest BCUT2D eigenvalue weighted by atomic mass is 9.96. The second-order valence-electron chi connectivity index (χ2n) is 8.71. The third-order valence-electron chi connectivity index (χ3n) is 6.61. The molecule has 0 amide bonds. The largest absolute Gasteiger partial charge is 0.497 e. The lowest BCUT2D eigenvalue weighted by Crippen LogP contribution is -2.29. The molecule has 0 bridgehead atoms. The summed E-state index contributed by atoms with van der Waals surface area (Å²) in [5.41, 5.74) is 6.20. The van der Waals surface area contributed by atoms with Gasteiger partial charge in [-0.05, 0) is 98.4 Å². The van der Waals surface area contributed by atoms with E-state index in [1.807, 2.05) is 54.6 Å². The molecule has 0 spiro atoms. The highest BCUT2D eigenvalue weighted by Gasteiger charge is 2.42. The minimum atomic E-state index is -0.943. The number of hydrogen-bond donors (Lipinski definition) is 2. The first-order valence-corrected chi connectivity index (χ1v) is 12.0. The van der Waals surface area contributed by atoms with Gasteiger partial charge in [-0.1, -0.05) is 6.07 Å². The summed E-state index contributed by atoms with van der Waals surface area (Å²) in [6.45, 7) is 4.13. The Bertz CT molecular complexity index is 1420. The van der Waals surface area contributed by atoms with Gasteiger partial charge in [0, 0.05) is 29.0 Å². The van der Waals surface area contributed by atoms with Crippen LogP contribution in [0.25, 0.3) is 5.69 Å². The maximum absolute atomic E-state index is 11.3. The Hall–Kier alpha value is -4.17. The van der Waals surface area contributed by atoms with E-state index in [0.29, 0.717) is 5.11 Å². The molecular formula is C28H26N4O3S. The van der Waals surface area contributed by atoms with E-state index in [1.165, 1.54) is 0 Å². The number of pyridine rings is 1. The van der Waals surface area contributed by atoms with Crippen LogP contribution in [-0.4, -0.2) is 32.8 Å². The number of anilines is 1. The lowest BCUT2D eigenvalue weighted by molar-refractivity contribution is 0.0697. The number of hydrogen-bond acceptors (Lipinski definition) is 4. The second-order valence-corrected chi connectivity index (χ2v) is 9.10. The average molecular weight is 499 g/mol. The van der Waals surface area contributed by atoms with Crippen molar-refractivity contribution in [3.8, 4) is 11.4 Å². The van der Waals surface area contributed by atoms with Gasteiger partial charge in [0.1, 0.15) is 5.75 Å². The van der Waals surface area contributed by atoms with Crippen LogP contribution in [0.1, 0.15) is 45.1 Å². The van der Waals surface area contributed by atoms with Crippen LogP contribution in [0.4, 0.5) is 5.69 Å². The number of methoxy groups -OCH3 is 1. The number of carbonyl (C=O) groups is 1. The molecular weight excluding hydrogens is 472 g/mol. The molecule has 182 valence electrons. The minimum absolute atomic E-state index is 0.154. The molecule has 0 saturated carbocycles. The van der Waals surface area contributed by atoms with Crippen molar-refractivity contribution in [2.24, 2.45) is 0 Å². The van der Waals surface area contributed by atoms with Crippen LogP contribution < -0.4 is 15.0 Å². The summed E-state index contributed by atoms with van der Waals surface area (Å²) in [4.78, 5) is 18.1. The second kappa shape index (κ2) is 9.47. The minimum Gasteiger partial charge on any atom is -0.497 e. The van der Waals surface area contributed by atoms with Crippen molar-refractivity contribution in [3.63, 3.8) is 0 Å². The molecule has 8 heteroatoms. The standard InChI is InChI=1S/C28H26N4O3S/c1-17-16-23(18(2)31(17)20-9-7-19(8-10-20)27(33)34)26-25(24-6-4-5-15-29-24)30-28(36)32(26)21-11-13-22(35-3)14-12-21/h4-16,25-26H,1-3H3,(H,30,36)(H,33,34). The van der Waals surface area contributed by atoms with Crippen LogP contribution in [0, 0.1) is 13.8 Å². The SMILES string of the molecule is COc1ccc(N2C(=S)NC(c3ccccn3)C2c2cc(C)n(-c3ccc(C(=O)O)cc3)c2C)cc1. The number of ether oxygens (including phenoxy) is 1. The molecule has 2 aromatic carbocycles. The summed E-state index contributed by atoms with van der Waals surface area (Å²) in [7, 11) is 1.65. The number of nitrogens with zero attached hydrogens (tertiary/aromatic N) is 3. The molecule has 2 aromatic heterocycles. The van der Waals surface area contributed by atoms with Crippen LogP contribution >= 0.6 is 12.2 Å². The number of thiocarbonyl (C=S) groups is 1. The van der Waals surface area contributed by atoms with Crippen LogP contribution in [0.2, 0.25) is 0 Å². The first-order chi connectivity index (χ1) is 17.4. The van der Waals surface area contributed by atoms with Gasteiger partial charge >= 0.3 is 5.97 Å². The number of rotatable bonds is 6. The van der Waals surface area contributed by atoms with Crippen LogP contribution in [0.5, 0.6) is 5.75 Å². The normalized spacial score (nSPS) is 17.2. The summed E-state index contributed by atoms with van der Waals surface area (Å²) < 4.78 is 7.50. The van der Waals surface area contributed by atoms with E-state index in [9.17, 15) is 9.90 Å². The molecule has 5 rings (SSSR count). The topological polar surface area (TPSA) is 79.6 Å². The van der Waals surface area contributed by atoms with Gasteiger partial charge in [0.25, 0.3) is 0 Å². The molecule has 2 unspecified atom stereocenters. The van der Waals surface area contributed by atoms with Gasteiger partial charge < -0.3 is 24.6 Å². The molecule has 0 aliphatic carbocycles. The van der Waals surface area contributed by atoms with E-state index in [2.05, 4.69) is 39.7 Å². The van der Waals surface area contributed by atoms with Gasteiger partial charge in [-0.3, -0.25) is 4.98 Å². The quantitative estimate of drug-likeness (QED) is 0.346. The molecule has 36 heavy (non-hydrogen) atoms. The molecule has 1 aliphatic rings. The van der Waals surface area contributed by atoms with E-state index in [1.54, 1.807) is 25.4 Å². The van der Waals surface area contributed by atoms with E-state index in [0.717, 1.165) is 39.8 Å². The third kappa shape index (κ3) is 4.09. The summed E-state index contributed by atoms with van der Waals surface area (Å²) in [6.07, 6.45) is 1.79. The summed E-state index contributed by atoms with van der Waals surface area (Å²) >= 11 is 5.85. The maximum atomic E-state index is 11.3. The van der Waals surface area contributed by atoms with Gasteiger partial charge in [0.15, 0.2) is 5.11 Å². The Morgan fingerprint density at radius 1 is 1.03 bits per heavy atom. The Balaban J connectivity index is 1.64. The monoisotopic (exact) mass is 498 g/mol. The molecule has 4 aromatic rings. The van der Waals surface area contributed by atoms with Crippen molar-refractivity contribution in [3.05, 3.63) is 107 Å². The lowest BCUT2D eigenvalue weighted by Gasteiger charge is -2.28. The predicted octanol–water partition coefficient (Wildman–Crippen LogP) is 5.37. The number of carboxylic acid groups (broad SMARTS) is 1. The van der Waals surface area contributed by atoms with E-state index < -0.39 is 5.97 Å². The molecule has 1 saturated heterocycles. The predicted molar refractivity (Wildman–Crippen MR) is 143 cm³/mol.